The molecule has 10 nitrogen and oxygen atoms in total. The summed E-state index contributed by atoms with van der Waals surface area (Å²) in [5, 5.41) is -0.111. The first kappa shape index (κ1) is 25.7. The Kier molecular flexibility index (Phi) is 7.31. The van der Waals surface area contributed by atoms with Crippen LogP contribution in [0.3, 0.4) is 0 Å². The summed E-state index contributed by atoms with van der Waals surface area (Å²) in [6, 6.07) is 3.16. The topological polar surface area (TPSA) is 117 Å². The van der Waals surface area contributed by atoms with Crippen molar-refractivity contribution >= 4 is 27.6 Å². The SMILES string of the molecule is CC(C)(C)CC(CC(=O)N1CCOCC1)C(=O)N1CCC2C1C(=O)CN2S(=O)(=O)c1ccccn1. The zero-order valence-electron chi connectivity index (χ0n) is 20.6. The van der Waals surface area contributed by atoms with Gasteiger partial charge in [-0.05, 0) is 30.4 Å². The van der Waals surface area contributed by atoms with Gasteiger partial charge in [0.2, 0.25) is 11.8 Å². The second-order valence-corrected chi connectivity index (χ2v) is 12.5. The predicted molar refractivity (Wildman–Crippen MR) is 127 cm³/mol. The fourth-order valence-corrected chi connectivity index (χ4v) is 6.89. The quantitative estimate of drug-likeness (QED) is 0.563. The summed E-state index contributed by atoms with van der Waals surface area (Å²) >= 11 is 0. The summed E-state index contributed by atoms with van der Waals surface area (Å²) in [6.07, 6.45) is 2.32. The van der Waals surface area contributed by atoms with E-state index in [1.165, 1.54) is 21.5 Å². The van der Waals surface area contributed by atoms with Crippen molar-refractivity contribution < 1.29 is 27.5 Å². The van der Waals surface area contributed by atoms with Gasteiger partial charge in [0.05, 0.1) is 25.8 Å². The highest BCUT2D eigenvalue weighted by atomic mass is 32.2. The van der Waals surface area contributed by atoms with Crippen LogP contribution in [0.25, 0.3) is 0 Å². The third kappa shape index (κ3) is 5.41. The number of likely N-dealkylation sites (tertiary alicyclic amines) is 1. The minimum atomic E-state index is -3.97. The molecule has 0 bridgehead atoms. The van der Waals surface area contributed by atoms with E-state index in [-0.39, 0.29) is 47.5 Å². The Morgan fingerprint density at radius 3 is 2.51 bits per heavy atom. The number of aromatic nitrogens is 1. The van der Waals surface area contributed by atoms with E-state index in [9.17, 15) is 22.8 Å². The summed E-state index contributed by atoms with van der Waals surface area (Å²) in [4.78, 5) is 47.0. The lowest BCUT2D eigenvalue weighted by Gasteiger charge is -2.33. The van der Waals surface area contributed by atoms with Gasteiger partial charge in [0.15, 0.2) is 10.8 Å². The highest BCUT2D eigenvalue weighted by Crippen LogP contribution is 2.36. The number of sulfonamides is 1. The zero-order chi connectivity index (χ0) is 25.4. The average Bonchev–Trinajstić information content (AvgIpc) is 3.40. The lowest BCUT2D eigenvalue weighted by atomic mass is 9.82. The van der Waals surface area contributed by atoms with Gasteiger partial charge in [-0.25, -0.2) is 13.4 Å². The number of ether oxygens (including phenoxy) is 1. The van der Waals surface area contributed by atoms with Crippen molar-refractivity contribution in [3.05, 3.63) is 24.4 Å². The lowest BCUT2D eigenvalue weighted by Crippen LogP contribution is -2.48. The standard InChI is InChI=1S/C24H34N4O6S/c1-24(2,3)15-17(14-21(30)26-10-12-34-13-11-26)23(31)27-9-7-18-22(27)19(29)16-28(18)35(32,33)20-6-4-5-8-25-20/h4-6,8,17-18,22H,7,9-16H2,1-3H3. The molecule has 0 aliphatic carbocycles. The second kappa shape index (κ2) is 9.94. The van der Waals surface area contributed by atoms with E-state index in [4.69, 9.17) is 4.74 Å². The molecule has 3 unspecified atom stereocenters. The molecular formula is C24H34N4O6S. The van der Waals surface area contributed by atoms with Crippen LogP contribution in [0.5, 0.6) is 0 Å². The first-order valence-electron chi connectivity index (χ1n) is 12.1. The van der Waals surface area contributed by atoms with Crippen LogP contribution >= 0.6 is 0 Å². The van der Waals surface area contributed by atoms with E-state index in [1.54, 1.807) is 17.0 Å². The molecule has 0 saturated carbocycles. The molecule has 0 radical (unpaired) electrons. The van der Waals surface area contributed by atoms with Crippen molar-refractivity contribution in [1.82, 2.24) is 19.1 Å². The highest BCUT2D eigenvalue weighted by Gasteiger charge is 2.54. The Labute approximate surface area is 206 Å². The van der Waals surface area contributed by atoms with Crippen LogP contribution in [-0.4, -0.2) is 96.6 Å². The van der Waals surface area contributed by atoms with Crippen LogP contribution in [0.1, 0.15) is 40.0 Å². The molecule has 2 amide bonds. The number of ketones is 1. The number of Topliss-reactive ketones (excluding diaryl/α,β-unsaturated/α-hetero) is 1. The molecule has 0 spiro atoms. The summed E-state index contributed by atoms with van der Waals surface area (Å²) in [6.45, 7) is 8.01. The normalized spacial score (nSPS) is 24.5. The fraction of sp³-hybridized carbons (Fsp3) is 0.667. The number of hydrogen-bond acceptors (Lipinski definition) is 7. The third-order valence-corrected chi connectivity index (χ3v) is 8.65. The number of fused-ring (bicyclic) bond motifs is 1. The van der Waals surface area contributed by atoms with Crippen molar-refractivity contribution in [1.29, 1.82) is 0 Å². The minimum Gasteiger partial charge on any atom is -0.378 e. The van der Waals surface area contributed by atoms with Crippen molar-refractivity contribution in [2.75, 3.05) is 39.4 Å². The molecule has 35 heavy (non-hydrogen) atoms. The van der Waals surface area contributed by atoms with Crippen LogP contribution in [-0.2, 0) is 29.1 Å². The Bertz CT molecular complexity index is 1070. The zero-order valence-corrected chi connectivity index (χ0v) is 21.4. The van der Waals surface area contributed by atoms with Gasteiger partial charge in [-0.1, -0.05) is 26.8 Å². The molecule has 3 aliphatic rings. The highest BCUT2D eigenvalue weighted by molar-refractivity contribution is 7.89. The molecule has 3 atom stereocenters. The van der Waals surface area contributed by atoms with Gasteiger partial charge >= 0.3 is 0 Å². The van der Waals surface area contributed by atoms with Gasteiger partial charge in [0, 0.05) is 38.2 Å². The molecule has 3 aliphatic heterocycles. The van der Waals surface area contributed by atoms with Crippen LogP contribution in [0.2, 0.25) is 0 Å². The van der Waals surface area contributed by atoms with Gasteiger partial charge in [0.25, 0.3) is 10.0 Å². The molecule has 11 heteroatoms. The average molecular weight is 507 g/mol. The van der Waals surface area contributed by atoms with E-state index in [2.05, 4.69) is 4.98 Å². The van der Waals surface area contributed by atoms with Crippen molar-refractivity contribution in [2.24, 2.45) is 11.3 Å². The first-order valence-corrected chi connectivity index (χ1v) is 13.5. The maximum absolute atomic E-state index is 13.8. The van der Waals surface area contributed by atoms with Crippen LogP contribution in [0.15, 0.2) is 29.4 Å². The van der Waals surface area contributed by atoms with Crippen molar-refractivity contribution in [3.8, 4) is 0 Å². The maximum Gasteiger partial charge on any atom is 0.261 e. The number of hydrogen-bond donors (Lipinski definition) is 0. The molecule has 192 valence electrons. The summed E-state index contributed by atoms with van der Waals surface area (Å²) in [5.74, 6) is -1.23. The molecule has 4 heterocycles. The van der Waals surface area contributed by atoms with Crippen LogP contribution in [0.4, 0.5) is 0 Å². The minimum absolute atomic E-state index is 0.0636. The lowest BCUT2D eigenvalue weighted by molar-refractivity contribution is -0.145. The smallest absolute Gasteiger partial charge is 0.261 e. The molecule has 1 aromatic heterocycles. The van der Waals surface area contributed by atoms with Gasteiger partial charge in [0.1, 0.15) is 6.04 Å². The summed E-state index contributed by atoms with van der Waals surface area (Å²) in [7, 11) is -3.97. The maximum atomic E-state index is 13.8. The molecule has 3 saturated heterocycles. The van der Waals surface area contributed by atoms with E-state index < -0.39 is 28.0 Å². The van der Waals surface area contributed by atoms with E-state index in [1.807, 2.05) is 20.8 Å². The number of morpholine rings is 1. The van der Waals surface area contributed by atoms with Crippen LogP contribution in [0, 0.1) is 11.3 Å². The second-order valence-electron chi connectivity index (χ2n) is 10.7. The Morgan fingerprint density at radius 2 is 1.89 bits per heavy atom. The van der Waals surface area contributed by atoms with Gasteiger partial charge in [-0.3, -0.25) is 14.4 Å². The molecule has 3 fully saturated rings. The summed E-state index contributed by atoms with van der Waals surface area (Å²) < 4.78 is 32.9. The van der Waals surface area contributed by atoms with Gasteiger partial charge in [-0.2, -0.15) is 4.31 Å². The van der Waals surface area contributed by atoms with Crippen molar-refractivity contribution in [3.63, 3.8) is 0 Å². The Hall–Kier alpha value is -2.37. The fourth-order valence-electron chi connectivity index (χ4n) is 5.33. The largest absolute Gasteiger partial charge is 0.378 e. The number of rotatable bonds is 6. The van der Waals surface area contributed by atoms with E-state index >= 15 is 0 Å². The Morgan fingerprint density at radius 1 is 1.17 bits per heavy atom. The molecule has 1 aromatic rings. The number of carbonyl (C=O) groups excluding carboxylic acids is 3. The number of carbonyl (C=O) groups is 3. The number of pyridine rings is 1. The first-order chi connectivity index (χ1) is 16.5. The monoisotopic (exact) mass is 506 g/mol. The van der Waals surface area contributed by atoms with Crippen LogP contribution < -0.4 is 0 Å². The summed E-state index contributed by atoms with van der Waals surface area (Å²) in [5.41, 5.74) is -0.210. The molecule has 0 N–H and O–H groups in total. The molecular weight excluding hydrogens is 472 g/mol. The number of nitrogens with zero attached hydrogens (tertiary/aromatic N) is 4. The molecule has 0 aromatic carbocycles. The van der Waals surface area contributed by atoms with Gasteiger partial charge < -0.3 is 14.5 Å². The third-order valence-electron chi connectivity index (χ3n) is 6.86. The van der Waals surface area contributed by atoms with Gasteiger partial charge in [-0.15, -0.1) is 0 Å². The Balaban J connectivity index is 1.53. The predicted octanol–water partition coefficient (Wildman–Crippen LogP) is 0.926. The molecule has 4 rings (SSSR count). The van der Waals surface area contributed by atoms with E-state index in [0.29, 0.717) is 39.1 Å². The van der Waals surface area contributed by atoms with Crippen molar-refractivity contribution in [2.45, 2.75) is 57.1 Å². The number of amides is 2. The van der Waals surface area contributed by atoms with E-state index in [0.717, 1.165) is 0 Å².